The van der Waals surface area contributed by atoms with Crippen molar-refractivity contribution in [2.45, 2.75) is 12.7 Å². The van der Waals surface area contributed by atoms with Gasteiger partial charge in [-0.15, -0.1) is 0 Å². The zero-order valence-electron chi connectivity index (χ0n) is 19.5. The van der Waals surface area contributed by atoms with Gasteiger partial charge in [0, 0.05) is 31.4 Å². The molecule has 11 heteroatoms. The molecule has 2 heterocycles. The number of aryl methyl sites for hydroxylation is 1. The highest BCUT2D eigenvalue weighted by Gasteiger charge is 2.31. The molecule has 35 heavy (non-hydrogen) atoms. The van der Waals surface area contributed by atoms with Crippen molar-refractivity contribution >= 4 is 28.5 Å². The highest BCUT2D eigenvalue weighted by molar-refractivity contribution is 5.81. The van der Waals surface area contributed by atoms with Crippen LogP contribution in [0.5, 0.6) is 17.2 Å². The van der Waals surface area contributed by atoms with E-state index < -0.39 is 11.7 Å². The number of fused-ring (bicyclic) bond motifs is 1. The second-order valence-electron chi connectivity index (χ2n) is 7.67. The summed E-state index contributed by atoms with van der Waals surface area (Å²) in [4.78, 5) is 8.86. The summed E-state index contributed by atoms with van der Waals surface area (Å²) in [7, 11) is 6.31. The van der Waals surface area contributed by atoms with Gasteiger partial charge in [-0.3, -0.25) is 0 Å². The van der Waals surface area contributed by atoms with Crippen molar-refractivity contribution in [2.75, 3.05) is 32.0 Å². The van der Waals surface area contributed by atoms with Crippen LogP contribution in [0.15, 0.2) is 48.7 Å². The minimum absolute atomic E-state index is 0.0885. The number of nitrogens with one attached hydrogen (secondary N) is 2. The molecule has 0 aliphatic carbocycles. The standard InChI is InChI=1S/C24H24F3N5O3/c1-32-19-11-22(30-16-8-15(24(25,26)27)9-17(10-16)33-2)28-13-18(19)31-23(32)29-12-14-5-6-20(34-3)21(7-14)35-4/h5-11,13H,12H2,1-4H3,(H,28,30)(H,29,31). The van der Waals surface area contributed by atoms with Crippen molar-refractivity contribution in [3.05, 3.63) is 59.8 Å². The largest absolute Gasteiger partial charge is 0.497 e. The molecule has 0 saturated carbocycles. The molecule has 0 amide bonds. The van der Waals surface area contributed by atoms with E-state index in [1.165, 1.54) is 13.2 Å². The maximum atomic E-state index is 13.2. The Labute approximate surface area is 199 Å². The first-order valence-electron chi connectivity index (χ1n) is 10.5. The summed E-state index contributed by atoms with van der Waals surface area (Å²) in [5.74, 6) is 2.33. The molecule has 0 fully saturated rings. The van der Waals surface area contributed by atoms with Gasteiger partial charge in [0.05, 0.1) is 38.6 Å². The number of halogens is 3. The van der Waals surface area contributed by atoms with Crippen LogP contribution in [0.1, 0.15) is 11.1 Å². The maximum absolute atomic E-state index is 13.2. The fourth-order valence-electron chi connectivity index (χ4n) is 3.59. The molecule has 0 saturated heterocycles. The number of nitrogens with zero attached hydrogens (tertiary/aromatic N) is 3. The van der Waals surface area contributed by atoms with Crippen LogP contribution in [0.25, 0.3) is 11.0 Å². The summed E-state index contributed by atoms with van der Waals surface area (Å²) < 4.78 is 57.2. The monoisotopic (exact) mass is 487 g/mol. The number of alkyl halides is 3. The van der Waals surface area contributed by atoms with E-state index in [9.17, 15) is 13.2 Å². The number of pyridine rings is 1. The lowest BCUT2D eigenvalue weighted by atomic mass is 10.1. The van der Waals surface area contributed by atoms with Crippen LogP contribution in [0.3, 0.4) is 0 Å². The molecule has 0 unspecified atom stereocenters. The van der Waals surface area contributed by atoms with Gasteiger partial charge < -0.3 is 29.4 Å². The molecular formula is C24H24F3N5O3. The quantitative estimate of drug-likeness (QED) is 0.346. The van der Waals surface area contributed by atoms with Crippen LogP contribution in [0, 0.1) is 0 Å². The molecule has 184 valence electrons. The molecule has 8 nitrogen and oxygen atoms in total. The Hall–Kier alpha value is -4.15. The van der Waals surface area contributed by atoms with E-state index in [4.69, 9.17) is 14.2 Å². The molecule has 2 aromatic carbocycles. The second-order valence-corrected chi connectivity index (χ2v) is 7.67. The van der Waals surface area contributed by atoms with Crippen molar-refractivity contribution in [3.63, 3.8) is 0 Å². The number of aromatic nitrogens is 3. The van der Waals surface area contributed by atoms with Gasteiger partial charge in [0.25, 0.3) is 0 Å². The highest BCUT2D eigenvalue weighted by atomic mass is 19.4. The van der Waals surface area contributed by atoms with Gasteiger partial charge in [-0.2, -0.15) is 13.2 Å². The molecule has 0 aliphatic heterocycles. The molecule has 0 spiro atoms. The predicted octanol–water partition coefficient (Wildman–Crippen LogP) is 5.37. The molecule has 0 radical (unpaired) electrons. The Bertz CT molecular complexity index is 1350. The summed E-state index contributed by atoms with van der Waals surface area (Å²) >= 11 is 0. The fourth-order valence-corrected chi connectivity index (χ4v) is 3.59. The summed E-state index contributed by atoms with van der Waals surface area (Å²) in [5, 5.41) is 6.20. The first kappa shape index (κ1) is 24.0. The van der Waals surface area contributed by atoms with E-state index in [0.717, 1.165) is 23.2 Å². The third-order valence-electron chi connectivity index (χ3n) is 5.41. The van der Waals surface area contributed by atoms with Crippen LogP contribution in [0.4, 0.5) is 30.6 Å². The average molecular weight is 487 g/mol. The minimum atomic E-state index is -4.50. The van der Waals surface area contributed by atoms with Crippen molar-refractivity contribution in [2.24, 2.45) is 7.05 Å². The van der Waals surface area contributed by atoms with Crippen molar-refractivity contribution in [1.82, 2.24) is 14.5 Å². The van der Waals surface area contributed by atoms with Crippen molar-refractivity contribution in [1.29, 1.82) is 0 Å². The van der Waals surface area contributed by atoms with E-state index in [2.05, 4.69) is 20.6 Å². The summed E-state index contributed by atoms with van der Waals surface area (Å²) in [5.41, 5.74) is 1.74. The van der Waals surface area contributed by atoms with E-state index in [1.807, 2.05) is 29.8 Å². The van der Waals surface area contributed by atoms with E-state index in [1.54, 1.807) is 26.5 Å². The Morgan fingerprint density at radius 3 is 2.40 bits per heavy atom. The predicted molar refractivity (Wildman–Crippen MR) is 127 cm³/mol. The minimum Gasteiger partial charge on any atom is -0.497 e. The lowest BCUT2D eigenvalue weighted by molar-refractivity contribution is -0.137. The first-order chi connectivity index (χ1) is 16.7. The number of hydrogen-bond acceptors (Lipinski definition) is 7. The van der Waals surface area contributed by atoms with Gasteiger partial charge in [-0.05, 0) is 29.8 Å². The second kappa shape index (κ2) is 9.61. The van der Waals surface area contributed by atoms with Crippen molar-refractivity contribution < 1.29 is 27.4 Å². The molecule has 0 atom stereocenters. The van der Waals surface area contributed by atoms with E-state index in [0.29, 0.717) is 35.3 Å². The smallest absolute Gasteiger partial charge is 0.416 e. The van der Waals surface area contributed by atoms with Crippen molar-refractivity contribution in [3.8, 4) is 17.2 Å². The normalized spacial score (nSPS) is 11.4. The SMILES string of the molecule is COc1cc(Nc2cc3c(cn2)nc(NCc2ccc(OC)c(OC)c2)n3C)cc(C(F)(F)F)c1. The molecule has 4 aromatic rings. The van der Waals surface area contributed by atoms with E-state index in [-0.39, 0.29) is 11.4 Å². The molecule has 2 aromatic heterocycles. The summed E-state index contributed by atoms with van der Waals surface area (Å²) in [6.45, 7) is 0.486. The van der Waals surface area contributed by atoms with E-state index >= 15 is 0 Å². The van der Waals surface area contributed by atoms with Gasteiger partial charge in [-0.1, -0.05) is 6.07 Å². The fraction of sp³-hybridized carbons (Fsp3) is 0.250. The summed E-state index contributed by atoms with van der Waals surface area (Å²) in [6, 6.07) is 10.8. The topological polar surface area (TPSA) is 82.5 Å². The zero-order valence-corrected chi connectivity index (χ0v) is 19.5. The molecule has 0 bridgehead atoms. The Morgan fingerprint density at radius 2 is 1.71 bits per heavy atom. The Morgan fingerprint density at radius 1 is 0.943 bits per heavy atom. The number of methoxy groups -OCH3 is 3. The van der Waals surface area contributed by atoms with Crippen LogP contribution in [-0.4, -0.2) is 35.9 Å². The van der Waals surface area contributed by atoms with Gasteiger partial charge in [-0.25, -0.2) is 9.97 Å². The number of rotatable bonds is 8. The molecular weight excluding hydrogens is 463 g/mol. The number of imidazole rings is 1. The van der Waals surface area contributed by atoms with Gasteiger partial charge in [0.15, 0.2) is 11.5 Å². The number of anilines is 3. The number of hydrogen-bond donors (Lipinski definition) is 2. The van der Waals surface area contributed by atoms with Gasteiger partial charge in [0.2, 0.25) is 5.95 Å². The lowest BCUT2D eigenvalue weighted by Gasteiger charge is -2.13. The third-order valence-corrected chi connectivity index (χ3v) is 5.41. The summed E-state index contributed by atoms with van der Waals surface area (Å²) in [6.07, 6.45) is -2.94. The molecule has 0 aliphatic rings. The maximum Gasteiger partial charge on any atom is 0.416 e. The highest BCUT2D eigenvalue weighted by Crippen LogP contribution is 2.35. The third kappa shape index (κ3) is 5.18. The van der Waals surface area contributed by atoms with Crippen LogP contribution in [0.2, 0.25) is 0 Å². The zero-order chi connectivity index (χ0) is 25.2. The van der Waals surface area contributed by atoms with Gasteiger partial charge >= 0.3 is 6.18 Å². The van der Waals surface area contributed by atoms with Gasteiger partial charge in [0.1, 0.15) is 17.1 Å². The lowest BCUT2D eigenvalue weighted by Crippen LogP contribution is -2.06. The number of ether oxygens (including phenoxy) is 3. The molecule has 2 N–H and O–H groups in total. The molecule has 4 rings (SSSR count). The number of benzene rings is 2. The van der Waals surface area contributed by atoms with Crippen LogP contribution < -0.4 is 24.8 Å². The first-order valence-corrected chi connectivity index (χ1v) is 10.5. The average Bonchev–Trinajstić information content (AvgIpc) is 3.16. The Balaban J connectivity index is 1.56. The van der Waals surface area contributed by atoms with Crippen LogP contribution in [-0.2, 0) is 19.8 Å². The van der Waals surface area contributed by atoms with Crippen LogP contribution >= 0.6 is 0 Å². The Kier molecular flexibility index (Phi) is 6.59.